The van der Waals surface area contributed by atoms with Crippen LogP contribution in [0.15, 0.2) is 28.9 Å². The Labute approximate surface area is 101 Å². The van der Waals surface area contributed by atoms with Gasteiger partial charge in [-0.2, -0.15) is 0 Å². The molecule has 3 nitrogen and oxygen atoms in total. The predicted molar refractivity (Wildman–Crippen MR) is 65.3 cm³/mol. The molecule has 92 valence electrons. The molecule has 0 unspecified atom stereocenters. The summed E-state index contributed by atoms with van der Waals surface area (Å²) < 4.78 is 5.09. The first kappa shape index (κ1) is 12.1. The van der Waals surface area contributed by atoms with Crippen LogP contribution >= 0.6 is 0 Å². The fraction of sp³-hybridized carbons (Fsp3) is 0.500. The first-order valence-electron chi connectivity index (χ1n) is 6.21. The van der Waals surface area contributed by atoms with Crippen molar-refractivity contribution in [2.24, 2.45) is 5.92 Å². The molecule has 0 spiro atoms. The molecule has 0 radical (unpaired) electrons. The molecule has 2 rings (SSSR count). The van der Waals surface area contributed by atoms with E-state index >= 15 is 0 Å². The molecule has 0 bridgehead atoms. The van der Waals surface area contributed by atoms with Gasteiger partial charge in [0.1, 0.15) is 11.9 Å². The first-order valence-corrected chi connectivity index (χ1v) is 6.21. The topological polar surface area (TPSA) is 50.4 Å². The maximum absolute atomic E-state index is 11.8. The molecule has 0 aliphatic heterocycles. The highest BCUT2D eigenvalue weighted by Gasteiger charge is 2.25. The zero-order valence-electron chi connectivity index (χ0n) is 9.84. The minimum atomic E-state index is -0.846. The average Bonchev–Trinajstić information content (AvgIpc) is 2.89. The number of furan rings is 1. The highest BCUT2D eigenvalue weighted by atomic mass is 16.3. The third-order valence-electron chi connectivity index (χ3n) is 3.34. The van der Waals surface area contributed by atoms with Crippen LogP contribution in [-0.2, 0) is 4.79 Å². The van der Waals surface area contributed by atoms with Crippen LogP contribution in [0.25, 0.3) is 6.08 Å². The summed E-state index contributed by atoms with van der Waals surface area (Å²) in [6.07, 6.45) is 9.12. The zero-order valence-corrected chi connectivity index (χ0v) is 9.84. The van der Waals surface area contributed by atoms with E-state index in [2.05, 4.69) is 0 Å². The summed E-state index contributed by atoms with van der Waals surface area (Å²) in [7, 11) is 0. The maximum atomic E-state index is 11.8. The van der Waals surface area contributed by atoms with Crippen molar-refractivity contribution < 1.29 is 14.3 Å². The Bertz CT molecular complexity index is 372. The Morgan fingerprint density at radius 1 is 1.41 bits per heavy atom. The van der Waals surface area contributed by atoms with E-state index in [-0.39, 0.29) is 11.7 Å². The molecular weight excluding hydrogens is 216 g/mol. The van der Waals surface area contributed by atoms with Gasteiger partial charge in [-0.25, -0.2) is 0 Å². The van der Waals surface area contributed by atoms with Gasteiger partial charge < -0.3 is 9.52 Å². The Morgan fingerprint density at radius 3 is 2.82 bits per heavy atom. The number of aliphatic hydroxyl groups excluding tert-OH is 1. The van der Waals surface area contributed by atoms with Crippen molar-refractivity contribution in [3.8, 4) is 0 Å². The van der Waals surface area contributed by atoms with Crippen LogP contribution in [0.2, 0.25) is 0 Å². The number of rotatable bonds is 4. The number of carbonyl (C=O) groups excluding carboxylic acids is 1. The van der Waals surface area contributed by atoms with Crippen molar-refractivity contribution in [3.05, 3.63) is 30.2 Å². The number of carbonyl (C=O) groups is 1. The molecule has 0 aromatic carbocycles. The molecule has 1 heterocycles. The van der Waals surface area contributed by atoms with Crippen LogP contribution in [0.1, 0.15) is 37.9 Å². The Balaban J connectivity index is 1.90. The molecule has 1 aromatic heterocycles. The first-order chi connectivity index (χ1) is 8.27. The lowest BCUT2D eigenvalue weighted by Gasteiger charge is -2.24. The third kappa shape index (κ3) is 3.30. The van der Waals surface area contributed by atoms with Crippen molar-refractivity contribution in [1.29, 1.82) is 0 Å². The second-order valence-electron chi connectivity index (χ2n) is 4.59. The molecule has 1 aliphatic carbocycles. The van der Waals surface area contributed by atoms with Gasteiger partial charge >= 0.3 is 0 Å². The predicted octanol–water partition coefficient (Wildman–Crippen LogP) is 2.80. The quantitative estimate of drug-likeness (QED) is 0.815. The SMILES string of the molecule is O=C(/C=C/c1ccco1)[C@@H](O)C1CCCCC1. The lowest BCUT2D eigenvalue weighted by molar-refractivity contribution is -0.125. The summed E-state index contributed by atoms with van der Waals surface area (Å²) in [5, 5.41) is 9.94. The Kier molecular flexibility index (Phi) is 4.15. The third-order valence-corrected chi connectivity index (χ3v) is 3.34. The lowest BCUT2D eigenvalue weighted by Crippen LogP contribution is -2.29. The second kappa shape index (κ2) is 5.82. The van der Waals surface area contributed by atoms with Crippen molar-refractivity contribution >= 4 is 11.9 Å². The lowest BCUT2D eigenvalue weighted by atomic mass is 9.84. The van der Waals surface area contributed by atoms with E-state index in [1.165, 1.54) is 12.5 Å². The fourth-order valence-corrected chi connectivity index (χ4v) is 2.33. The summed E-state index contributed by atoms with van der Waals surface area (Å²) in [5.74, 6) is 0.556. The normalized spacial score (nSPS) is 19.6. The van der Waals surface area contributed by atoms with Gasteiger partial charge in [-0.1, -0.05) is 19.3 Å². The van der Waals surface area contributed by atoms with Crippen molar-refractivity contribution in [2.75, 3.05) is 0 Å². The fourth-order valence-electron chi connectivity index (χ4n) is 2.33. The van der Waals surface area contributed by atoms with E-state index in [9.17, 15) is 9.90 Å². The van der Waals surface area contributed by atoms with Crippen LogP contribution in [0.3, 0.4) is 0 Å². The standard InChI is InChI=1S/C14H18O3/c15-13(9-8-12-7-4-10-17-12)14(16)11-5-2-1-3-6-11/h4,7-11,14,16H,1-3,5-6H2/b9-8+/t14-/m0/s1. The van der Waals surface area contributed by atoms with E-state index in [0.29, 0.717) is 5.76 Å². The van der Waals surface area contributed by atoms with E-state index in [0.717, 1.165) is 25.7 Å². The van der Waals surface area contributed by atoms with Crippen molar-refractivity contribution in [3.63, 3.8) is 0 Å². The van der Waals surface area contributed by atoms with Gasteiger partial charge in [-0.05, 0) is 43.0 Å². The molecule has 3 heteroatoms. The smallest absolute Gasteiger partial charge is 0.184 e. The Morgan fingerprint density at radius 2 is 2.18 bits per heavy atom. The summed E-state index contributed by atoms with van der Waals surface area (Å²) >= 11 is 0. The molecule has 1 N–H and O–H groups in total. The molecule has 1 saturated carbocycles. The van der Waals surface area contributed by atoms with Crippen LogP contribution < -0.4 is 0 Å². The molecule has 0 amide bonds. The highest BCUT2D eigenvalue weighted by molar-refractivity contribution is 5.96. The monoisotopic (exact) mass is 234 g/mol. The van der Waals surface area contributed by atoms with E-state index in [1.807, 2.05) is 0 Å². The van der Waals surface area contributed by atoms with Crippen LogP contribution in [0.4, 0.5) is 0 Å². The highest BCUT2D eigenvalue weighted by Crippen LogP contribution is 2.27. The van der Waals surface area contributed by atoms with Crippen LogP contribution in [-0.4, -0.2) is 17.0 Å². The van der Waals surface area contributed by atoms with Gasteiger partial charge in [0, 0.05) is 0 Å². The average molecular weight is 234 g/mol. The molecule has 1 atom stereocenters. The van der Waals surface area contributed by atoms with E-state index in [1.54, 1.807) is 24.5 Å². The maximum Gasteiger partial charge on any atom is 0.184 e. The van der Waals surface area contributed by atoms with Gasteiger partial charge in [0.15, 0.2) is 5.78 Å². The number of ketones is 1. The van der Waals surface area contributed by atoms with Gasteiger partial charge in [0.05, 0.1) is 6.26 Å². The largest absolute Gasteiger partial charge is 0.465 e. The molecule has 1 aliphatic rings. The van der Waals surface area contributed by atoms with Gasteiger partial charge in [0.25, 0.3) is 0 Å². The van der Waals surface area contributed by atoms with Gasteiger partial charge in [0.2, 0.25) is 0 Å². The molecule has 1 fully saturated rings. The van der Waals surface area contributed by atoms with Crippen LogP contribution in [0, 0.1) is 5.92 Å². The van der Waals surface area contributed by atoms with E-state index in [4.69, 9.17) is 4.42 Å². The number of aliphatic hydroxyl groups is 1. The second-order valence-corrected chi connectivity index (χ2v) is 4.59. The summed E-state index contributed by atoms with van der Waals surface area (Å²) in [6.45, 7) is 0. The minimum Gasteiger partial charge on any atom is -0.465 e. The van der Waals surface area contributed by atoms with Crippen LogP contribution in [0.5, 0.6) is 0 Å². The molecule has 0 saturated heterocycles. The molecular formula is C14H18O3. The minimum absolute atomic E-state index is 0.137. The summed E-state index contributed by atoms with van der Waals surface area (Å²) in [6, 6.07) is 3.54. The zero-order chi connectivity index (χ0) is 12.1. The summed E-state index contributed by atoms with van der Waals surface area (Å²) in [5.41, 5.74) is 0. The van der Waals surface area contributed by atoms with Crippen molar-refractivity contribution in [2.45, 2.75) is 38.2 Å². The molecule has 1 aromatic rings. The van der Waals surface area contributed by atoms with Gasteiger partial charge in [-0.3, -0.25) is 4.79 Å². The molecule has 17 heavy (non-hydrogen) atoms. The van der Waals surface area contributed by atoms with E-state index < -0.39 is 6.10 Å². The number of hydrogen-bond donors (Lipinski definition) is 1. The van der Waals surface area contributed by atoms with Crippen molar-refractivity contribution in [1.82, 2.24) is 0 Å². The Hall–Kier alpha value is -1.35. The van der Waals surface area contributed by atoms with Gasteiger partial charge in [-0.15, -0.1) is 0 Å². The summed E-state index contributed by atoms with van der Waals surface area (Å²) in [4.78, 5) is 11.8. The number of hydrogen-bond acceptors (Lipinski definition) is 3.